The Kier molecular flexibility index (Phi) is 2.99. The first kappa shape index (κ1) is 11.4. The monoisotopic (exact) mass is 236 g/mol. The topological polar surface area (TPSA) is 34.9 Å². The molecule has 0 N–H and O–H groups in total. The van der Waals surface area contributed by atoms with Gasteiger partial charge in [0, 0.05) is 11.8 Å². The highest BCUT2D eigenvalue weighted by Gasteiger charge is 2.04. The number of rotatable bonds is 2. The second-order valence-electron chi connectivity index (χ2n) is 3.74. The van der Waals surface area contributed by atoms with Crippen molar-refractivity contribution < 1.29 is 8.78 Å². The van der Waals surface area contributed by atoms with Gasteiger partial charge in [0.05, 0.1) is 12.9 Å². The van der Waals surface area contributed by atoms with Crippen LogP contribution in [0.4, 0.5) is 8.78 Å². The van der Waals surface area contributed by atoms with E-state index in [0.29, 0.717) is 11.3 Å². The highest BCUT2D eigenvalue weighted by atomic mass is 19.2. The second-order valence-corrected chi connectivity index (χ2v) is 3.74. The first-order valence-electron chi connectivity index (χ1n) is 5.03. The van der Waals surface area contributed by atoms with Crippen molar-refractivity contribution >= 4 is 0 Å². The molecule has 0 atom stereocenters. The van der Waals surface area contributed by atoms with Crippen molar-refractivity contribution in [3.8, 4) is 0 Å². The summed E-state index contributed by atoms with van der Waals surface area (Å²) in [7, 11) is 0. The summed E-state index contributed by atoms with van der Waals surface area (Å²) >= 11 is 0. The third kappa shape index (κ3) is 2.55. The fourth-order valence-corrected chi connectivity index (χ4v) is 1.47. The van der Waals surface area contributed by atoms with Gasteiger partial charge in [0.15, 0.2) is 11.6 Å². The molecule has 0 aliphatic rings. The van der Waals surface area contributed by atoms with Crippen LogP contribution in [0, 0.1) is 18.6 Å². The Balaban J connectivity index is 2.31. The minimum absolute atomic E-state index is 0.170. The van der Waals surface area contributed by atoms with Crippen LogP contribution in [0.1, 0.15) is 11.3 Å². The fourth-order valence-electron chi connectivity index (χ4n) is 1.47. The highest BCUT2D eigenvalue weighted by Crippen LogP contribution is 2.09. The first-order valence-corrected chi connectivity index (χ1v) is 5.03. The van der Waals surface area contributed by atoms with Gasteiger partial charge in [0.2, 0.25) is 0 Å². The van der Waals surface area contributed by atoms with Crippen LogP contribution in [-0.2, 0) is 6.54 Å². The molecule has 0 unspecified atom stereocenters. The van der Waals surface area contributed by atoms with Gasteiger partial charge in [-0.2, -0.15) is 0 Å². The molecular weight excluding hydrogens is 226 g/mol. The van der Waals surface area contributed by atoms with Gasteiger partial charge in [-0.25, -0.2) is 13.8 Å². The van der Waals surface area contributed by atoms with Crippen molar-refractivity contribution in [2.24, 2.45) is 0 Å². The number of benzene rings is 1. The standard InChI is InChI=1S/C12H10F2N2O/c1-8-4-12(17)16(7-15-8)6-9-2-3-10(13)11(14)5-9/h2-5,7H,6H2,1H3. The van der Waals surface area contributed by atoms with E-state index >= 15 is 0 Å². The van der Waals surface area contributed by atoms with Crippen LogP contribution in [0.5, 0.6) is 0 Å². The summed E-state index contributed by atoms with van der Waals surface area (Å²) in [5.74, 6) is -1.82. The van der Waals surface area contributed by atoms with Gasteiger partial charge < -0.3 is 0 Å². The Bertz CT molecular complexity index is 608. The van der Waals surface area contributed by atoms with Crippen LogP contribution in [0.2, 0.25) is 0 Å². The lowest BCUT2D eigenvalue weighted by molar-refractivity contribution is 0.506. The zero-order valence-electron chi connectivity index (χ0n) is 9.15. The Morgan fingerprint density at radius 2 is 2.00 bits per heavy atom. The summed E-state index contributed by atoms with van der Waals surface area (Å²) in [6.07, 6.45) is 1.39. The first-order chi connectivity index (χ1) is 8.06. The summed E-state index contributed by atoms with van der Waals surface area (Å²) in [4.78, 5) is 15.5. The van der Waals surface area contributed by atoms with Gasteiger partial charge >= 0.3 is 0 Å². The van der Waals surface area contributed by atoms with E-state index in [2.05, 4.69) is 4.98 Å². The van der Waals surface area contributed by atoms with Crippen molar-refractivity contribution in [3.05, 3.63) is 63.8 Å². The summed E-state index contributed by atoms with van der Waals surface area (Å²) in [6.45, 7) is 1.88. The van der Waals surface area contributed by atoms with Crippen LogP contribution in [-0.4, -0.2) is 9.55 Å². The number of hydrogen-bond donors (Lipinski definition) is 0. The Morgan fingerprint density at radius 1 is 1.24 bits per heavy atom. The predicted molar refractivity (Wildman–Crippen MR) is 58.7 cm³/mol. The SMILES string of the molecule is Cc1cc(=O)n(Cc2ccc(F)c(F)c2)cn1. The van der Waals surface area contributed by atoms with E-state index in [1.165, 1.54) is 23.0 Å². The molecule has 0 bridgehead atoms. The van der Waals surface area contributed by atoms with Gasteiger partial charge in [-0.15, -0.1) is 0 Å². The second kappa shape index (κ2) is 4.45. The summed E-state index contributed by atoms with van der Waals surface area (Å²) in [6, 6.07) is 4.93. The van der Waals surface area contributed by atoms with Gasteiger partial charge in [-0.1, -0.05) is 6.07 Å². The lowest BCUT2D eigenvalue weighted by atomic mass is 10.2. The molecule has 0 radical (unpaired) electrons. The zero-order valence-corrected chi connectivity index (χ0v) is 9.15. The highest BCUT2D eigenvalue weighted by molar-refractivity contribution is 5.18. The summed E-state index contributed by atoms with van der Waals surface area (Å²) < 4.78 is 27.0. The fraction of sp³-hybridized carbons (Fsp3) is 0.167. The van der Waals surface area contributed by atoms with Crippen LogP contribution in [0.15, 0.2) is 35.4 Å². The molecule has 2 aromatic rings. The van der Waals surface area contributed by atoms with Gasteiger partial charge in [-0.3, -0.25) is 9.36 Å². The zero-order chi connectivity index (χ0) is 12.4. The number of aryl methyl sites for hydroxylation is 1. The summed E-state index contributed by atoms with van der Waals surface area (Å²) in [5, 5.41) is 0. The molecule has 1 aromatic carbocycles. The van der Waals surface area contributed by atoms with Gasteiger partial charge in [0.1, 0.15) is 0 Å². The maximum atomic E-state index is 13.0. The molecule has 2 rings (SSSR count). The van der Waals surface area contributed by atoms with E-state index in [1.54, 1.807) is 6.92 Å². The predicted octanol–water partition coefficient (Wildman–Crippen LogP) is 1.88. The third-order valence-corrected chi connectivity index (χ3v) is 2.35. The average molecular weight is 236 g/mol. The third-order valence-electron chi connectivity index (χ3n) is 2.35. The number of hydrogen-bond acceptors (Lipinski definition) is 2. The van der Waals surface area contributed by atoms with Crippen molar-refractivity contribution in [3.63, 3.8) is 0 Å². The molecule has 0 aliphatic heterocycles. The Hall–Kier alpha value is -2.04. The van der Waals surface area contributed by atoms with Gasteiger partial charge in [0.25, 0.3) is 5.56 Å². The molecule has 0 saturated heterocycles. The number of halogens is 2. The maximum Gasteiger partial charge on any atom is 0.253 e. The lowest BCUT2D eigenvalue weighted by Crippen LogP contribution is -2.20. The van der Waals surface area contributed by atoms with Crippen LogP contribution < -0.4 is 5.56 Å². The molecule has 1 aromatic heterocycles. The van der Waals surface area contributed by atoms with Gasteiger partial charge in [-0.05, 0) is 24.6 Å². The summed E-state index contributed by atoms with van der Waals surface area (Å²) in [5.41, 5.74) is 0.912. The van der Waals surface area contributed by atoms with E-state index in [0.717, 1.165) is 12.1 Å². The quantitative estimate of drug-likeness (QED) is 0.798. The number of nitrogens with zero attached hydrogens (tertiary/aromatic N) is 2. The van der Waals surface area contributed by atoms with E-state index in [9.17, 15) is 13.6 Å². The molecule has 3 nitrogen and oxygen atoms in total. The molecule has 0 fully saturated rings. The molecule has 0 saturated carbocycles. The van der Waals surface area contributed by atoms with Crippen molar-refractivity contribution in [2.75, 3.05) is 0 Å². The molecular formula is C12H10F2N2O. The van der Waals surface area contributed by atoms with Crippen LogP contribution in [0.3, 0.4) is 0 Å². The minimum atomic E-state index is -0.921. The van der Waals surface area contributed by atoms with Crippen LogP contribution >= 0.6 is 0 Å². The normalized spacial score (nSPS) is 10.5. The number of aromatic nitrogens is 2. The largest absolute Gasteiger partial charge is 0.295 e. The molecule has 88 valence electrons. The molecule has 17 heavy (non-hydrogen) atoms. The van der Waals surface area contributed by atoms with Crippen molar-refractivity contribution in [1.29, 1.82) is 0 Å². The van der Waals surface area contributed by atoms with Crippen molar-refractivity contribution in [1.82, 2.24) is 9.55 Å². The van der Waals surface area contributed by atoms with E-state index in [-0.39, 0.29) is 12.1 Å². The molecule has 5 heteroatoms. The maximum absolute atomic E-state index is 13.0. The minimum Gasteiger partial charge on any atom is -0.295 e. The Morgan fingerprint density at radius 3 is 2.65 bits per heavy atom. The van der Waals surface area contributed by atoms with E-state index < -0.39 is 11.6 Å². The Labute approximate surface area is 96.4 Å². The van der Waals surface area contributed by atoms with E-state index in [4.69, 9.17) is 0 Å². The molecule has 1 heterocycles. The van der Waals surface area contributed by atoms with E-state index in [1.807, 2.05) is 0 Å². The molecule has 0 spiro atoms. The van der Waals surface area contributed by atoms with Crippen molar-refractivity contribution in [2.45, 2.75) is 13.5 Å². The molecule has 0 amide bonds. The lowest BCUT2D eigenvalue weighted by Gasteiger charge is -2.05. The average Bonchev–Trinajstić information content (AvgIpc) is 2.27. The van der Waals surface area contributed by atoms with Crippen LogP contribution in [0.25, 0.3) is 0 Å². The smallest absolute Gasteiger partial charge is 0.253 e. The molecule has 0 aliphatic carbocycles.